The highest BCUT2D eigenvalue weighted by molar-refractivity contribution is 5.59. The van der Waals surface area contributed by atoms with Gasteiger partial charge in [-0.3, -0.25) is 0 Å². The van der Waals surface area contributed by atoms with E-state index in [2.05, 4.69) is 9.47 Å². The standard InChI is InChI=1S/C15H16O3/c1-17-15(16)18-13-9-4-2-3-6-10-14-11-7-5-8-12-14/h2-12H,13H2,1H3/b3-2+,9-4+,10-6+. The minimum atomic E-state index is -0.674. The van der Waals surface area contributed by atoms with Crippen LogP contribution in [0.3, 0.4) is 0 Å². The van der Waals surface area contributed by atoms with Crippen molar-refractivity contribution in [1.29, 1.82) is 0 Å². The number of rotatable bonds is 5. The number of allylic oxidation sites excluding steroid dienone is 4. The van der Waals surface area contributed by atoms with E-state index < -0.39 is 6.16 Å². The summed E-state index contributed by atoms with van der Waals surface area (Å²) in [6.07, 6.45) is 10.6. The molecule has 3 nitrogen and oxygen atoms in total. The number of carbonyl (C=O) groups excluding carboxylic acids is 1. The normalized spacial score (nSPS) is 11.4. The quantitative estimate of drug-likeness (QED) is 0.586. The van der Waals surface area contributed by atoms with E-state index in [9.17, 15) is 4.79 Å². The van der Waals surface area contributed by atoms with Crippen LogP contribution >= 0.6 is 0 Å². The van der Waals surface area contributed by atoms with Gasteiger partial charge in [0.05, 0.1) is 7.11 Å². The molecule has 0 atom stereocenters. The van der Waals surface area contributed by atoms with E-state index in [1.807, 2.05) is 54.6 Å². The van der Waals surface area contributed by atoms with Crippen LogP contribution in [0.1, 0.15) is 5.56 Å². The van der Waals surface area contributed by atoms with Crippen LogP contribution in [0.25, 0.3) is 6.08 Å². The molecule has 0 bridgehead atoms. The van der Waals surface area contributed by atoms with E-state index in [0.29, 0.717) is 0 Å². The highest BCUT2D eigenvalue weighted by Crippen LogP contribution is 2.00. The average Bonchev–Trinajstić information content (AvgIpc) is 2.42. The second kappa shape index (κ2) is 8.82. The summed E-state index contributed by atoms with van der Waals surface area (Å²) in [5, 5.41) is 0. The molecular formula is C15H16O3. The lowest BCUT2D eigenvalue weighted by molar-refractivity contribution is 0.0818. The number of carbonyl (C=O) groups is 1. The Morgan fingerprint density at radius 3 is 2.56 bits per heavy atom. The minimum Gasteiger partial charge on any atom is -0.438 e. The molecule has 0 aliphatic rings. The van der Waals surface area contributed by atoms with E-state index in [1.54, 1.807) is 12.2 Å². The van der Waals surface area contributed by atoms with Gasteiger partial charge in [0.15, 0.2) is 0 Å². The molecule has 0 saturated carbocycles. The molecule has 0 saturated heterocycles. The maximum atomic E-state index is 10.6. The second-order valence-electron chi connectivity index (χ2n) is 3.35. The minimum absolute atomic E-state index is 0.208. The van der Waals surface area contributed by atoms with Crippen molar-refractivity contribution >= 4 is 12.2 Å². The lowest BCUT2D eigenvalue weighted by atomic mass is 10.2. The molecule has 0 aliphatic heterocycles. The topological polar surface area (TPSA) is 35.5 Å². The summed E-state index contributed by atoms with van der Waals surface area (Å²) in [6, 6.07) is 10.0. The molecule has 0 unspecified atom stereocenters. The van der Waals surface area contributed by atoms with Crippen molar-refractivity contribution in [1.82, 2.24) is 0 Å². The summed E-state index contributed by atoms with van der Waals surface area (Å²) in [4.78, 5) is 10.6. The van der Waals surface area contributed by atoms with Crippen LogP contribution in [0.15, 0.2) is 60.7 Å². The van der Waals surface area contributed by atoms with Crippen molar-refractivity contribution in [3.05, 3.63) is 66.3 Å². The molecule has 1 aromatic rings. The summed E-state index contributed by atoms with van der Waals surface area (Å²) >= 11 is 0. The Morgan fingerprint density at radius 2 is 1.83 bits per heavy atom. The average molecular weight is 244 g/mol. The summed E-state index contributed by atoms with van der Waals surface area (Å²) in [7, 11) is 1.28. The fourth-order valence-corrected chi connectivity index (χ4v) is 1.17. The number of ether oxygens (including phenoxy) is 2. The van der Waals surface area contributed by atoms with E-state index in [4.69, 9.17) is 0 Å². The third-order valence-electron chi connectivity index (χ3n) is 2.02. The van der Waals surface area contributed by atoms with Gasteiger partial charge in [0.2, 0.25) is 0 Å². The van der Waals surface area contributed by atoms with Gasteiger partial charge < -0.3 is 9.47 Å². The molecule has 0 N–H and O–H groups in total. The SMILES string of the molecule is COC(=O)OC/C=C/C=C/C=C/c1ccccc1. The van der Waals surface area contributed by atoms with E-state index in [-0.39, 0.29) is 6.61 Å². The molecule has 0 aromatic heterocycles. The van der Waals surface area contributed by atoms with Crippen LogP contribution in [0.4, 0.5) is 4.79 Å². The predicted octanol–water partition coefficient (Wildman–Crippen LogP) is 3.60. The molecule has 94 valence electrons. The van der Waals surface area contributed by atoms with Crippen molar-refractivity contribution in [2.75, 3.05) is 13.7 Å². The van der Waals surface area contributed by atoms with Crippen LogP contribution in [-0.4, -0.2) is 19.9 Å². The Hall–Kier alpha value is -2.29. The van der Waals surface area contributed by atoms with Crippen LogP contribution in [0, 0.1) is 0 Å². The van der Waals surface area contributed by atoms with E-state index in [0.717, 1.165) is 5.56 Å². The number of benzene rings is 1. The third kappa shape index (κ3) is 6.33. The Bertz CT molecular complexity index is 430. The van der Waals surface area contributed by atoms with Gasteiger partial charge in [-0.1, -0.05) is 60.7 Å². The smallest absolute Gasteiger partial charge is 0.438 e. The van der Waals surface area contributed by atoms with Gasteiger partial charge in [-0.05, 0) is 11.6 Å². The van der Waals surface area contributed by atoms with Crippen LogP contribution in [0.2, 0.25) is 0 Å². The zero-order chi connectivity index (χ0) is 13.1. The molecule has 0 radical (unpaired) electrons. The largest absolute Gasteiger partial charge is 0.508 e. The van der Waals surface area contributed by atoms with Gasteiger partial charge in [-0.15, -0.1) is 0 Å². The summed E-state index contributed by atoms with van der Waals surface area (Å²) in [5.74, 6) is 0. The molecule has 18 heavy (non-hydrogen) atoms. The highest BCUT2D eigenvalue weighted by atomic mass is 16.7. The molecule has 0 amide bonds. The zero-order valence-electron chi connectivity index (χ0n) is 10.3. The molecule has 0 fully saturated rings. The third-order valence-corrected chi connectivity index (χ3v) is 2.02. The van der Waals surface area contributed by atoms with Gasteiger partial charge in [0, 0.05) is 0 Å². The van der Waals surface area contributed by atoms with Gasteiger partial charge >= 0.3 is 6.16 Å². The Morgan fingerprint density at radius 1 is 1.11 bits per heavy atom. The van der Waals surface area contributed by atoms with Crippen molar-refractivity contribution in [3.63, 3.8) is 0 Å². The Balaban J connectivity index is 2.23. The summed E-state index contributed by atoms with van der Waals surface area (Å²) < 4.78 is 8.99. The number of methoxy groups -OCH3 is 1. The molecule has 3 heteroatoms. The fourth-order valence-electron chi connectivity index (χ4n) is 1.17. The van der Waals surface area contributed by atoms with Gasteiger partial charge in [-0.25, -0.2) is 4.79 Å². The van der Waals surface area contributed by atoms with Crippen molar-refractivity contribution in [3.8, 4) is 0 Å². The van der Waals surface area contributed by atoms with E-state index >= 15 is 0 Å². The lowest BCUT2D eigenvalue weighted by Gasteiger charge is -1.96. The fraction of sp³-hybridized carbons (Fsp3) is 0.133. The van der Waals surface area contributed by atoms with E-state index in [1.165, 1.54) is 7.11 Å². The summed E-state index contributed by atoms with van der Waals surface area (Å²) in [6.45, 7) is 0.208. The first kappa shape index (κ1) is 13.8. The highest BCUT2D eigenvalue weighted by Gasteiger charge is 1.94. The first-order chi connectivity index (χ1) is 8.83. The van der Waals surface area contributed by atoms with Crippen LogP contribution in [-0.2, 0) is 9.47 Å². The van der Waals surface area contributed by atoms with Crippen molar-refractivity contribution < 1.29 is 14.3 Å². The molecule has 1 aromatic carbocycles. The molecule has 1 rings (SSSR count). The van der Waals surface area contributed by atoms with Crippen LogP contribution in [0.5, 0.6) is 0 Å². The van der Waals surface area contributed by atoms with Gasteiger partial charge in [0.1, 0.15) is 6.61 Å². The maximum Gasteiger partial charge on any atom is 0.508 e. The van der Waals surface area contributed by atoms with Gasteiger partial charge in [-0.2, -0.15) is 0 Å². The summed E-state index contributed by atoms with van der Waals surface area (Å²) in [5.41, 5.74) is 1.15. The first-order valence-corrected chi connectivity index (χ1v) is 5.58. The number of hydrogen-bond donors (Lipinski definition) is 0. The monoisotopic (exact) mass is 244 g/mol. The molecular weight excluding hydrogens is 228 g/mol. The Labute approximate surface area is 107 Å². The zero-order valence-corrected chi connectivity index (χ0v) is 10.3. The molecule has 0 heterocycles. The second-order valence-corrected chi connectivity index (χ2v) is 3.35. The van der Waals surface area contributed by atoms with Crippen LogP contribution < -0.4 is 0 Å². The first-order valence-electron chi connectivity index (χ1n) is 5.58. The number of hydrogen-bond acceptors (Lipinski definition) is 3. The van der Waals surface area contributed by atoms with Crippen molar-refractivity contribution in [2.24, 2.45) is 0 Å². The molecule has 0 aliphatic carbocycles. The van der Waals surface area contributed by atoms with Gasteiger partial charge in [0.25, 0.3) is 0 Å². The molecule has 0 spiro atoms. The lowest BCUT2D eigenvalue weighted by Crippen LogP contribution is -2.03. The Kier molecular flexibility index (Phi) is 6.75. The van der Waals surface area contributed by atoms with Crippen molar-refractivity contribution in [2.45, 2.75) is 0 Å². The maximum absolute atomic E-state index is 10.6. The predicted molar refractivity (Wildman–Crippen MR) is 72.1 cm³/mol.